The van der Waals surface area contributed by atoms with Crippen LogP contribution in [0.1, 0.15) is 57.1 Å². The summed E-state index contributed by atoms with van der Waals surface area (Å²) in [4.78, 5) is 14.8. The Balaban J connectivity index is 1.68. The van der Waals surface area contributed by atoms with Crippen molar-refractivity contribution < 1.29 is 9.53 Å². The van der Waals surface area contributed by atoms with Crippen LogP contribution in [0, 0.1) is 5.92 Å². The van der Waals surface area contributed by atoms with Gasteiger partial charge in [-0.2, -0.15) is 0 Å². The standard InChI is InChI=1S/C20H29NO2/c1-3-19(20(22)21-12-6-7-15(2)14-21)23-18-11-10-16-8-4-5-9-17(16)13-18/h10-11,13,15,19H,3-9,12,14H2,1-2H3/t15-,19-/m1/s1. The smallest absolute Gasteiger partial charge is 0.263 e. The first-order valence-corrected chi connectivity index (χ1v) is 9.24. The molecular formula is C20H29NO2. The van der Waals surface area contributed by atoms with Crippen molar-refractivity contribution in [3.05, 3.63) is 29.3 Å². The zero-order valence-electron chi connectivity index (χ0n) is 14.5. The van der Waals surface area contributed by atoms with E-state index in [1.807, 2.05) is 17.9 Å². The van der Waals surface area contributed by atoms with Crippen molar-refractivity contribution in [1.82, 2.24) is 4.90 Å². The predicted molar refractivity (Wildman–Crippen MR) is 92.8 cm³/mol. The number of benzene rings is 1. The largest absolute Gasteiger partial charge is 0.481 e. The van der Waals surface area contributed by atoms with E-state index in [4.69, 9.17) is 4.74 Å². The lowest BCUT2D eigenvalue weighted by Gasteiger charge is -2.33. The lowest BCUT2D eigenvalue weighted by atomic mass is 9.92. The number of hydrogen-bond acceptors (Lipinski definition) is 2. The highest BCUT2D eigenvalue weighted by molar-refractivity contribution is 5.81. The number of carbonyl (C=O) groups is 1. The predicted octanol–water partition coefficient (Wildman–Crippen LogP) is 3.98. The van der Waals surface area contributed by atoms with Gasteiger partial charge in [-0.3, -0.25) is 4.79 Å². The van der Waals surface area contributed by atoms with E-state index in [0.29, 0.717) is 5.92 Å². The van der Waals surface area contributed by atoms with Gasteiger partial charge in [0.2, 0.25) is 0 Å². The topological polar surface area (TPSA) is 29.5 Å². The van der Waals surface area contributed by atoms with E-state index in [2.05, 4.69) is 19.1 Å². The number of ether oxygens (including phenoxy) is 1. The third-order valence-corrected chi connectivity index (χ3v) is 5.21. The highest BCUT2D eigenvalue weighted by Crippen LogP contribution is 2.26. The van der Waals surface area contributed by atoms with Gasteiger partial charge in [0, 0.05) is 13.1 Å². The SMILES string of the molecule is CC[C@@H](Oc1ccc2c(c1)CCCC2)C(=O)N1CCC[C@@H](C)C1. The van der Waals surface area contributed by atoms with Gasteiger partial charge in [-0.15, -0.1) is 0 Å². The second kappa shape index (κ2) is 7.37. The number of hydrogen-bond donors (Lipinski definition) is 0. The molecule has 126 valence electrons. The summed E-state index contributed by atoms with van der Waals surface area (Å²) in [5, 5.41) is 0. The number of amides is 1. The number of piperidine rings is 1. The summed E-state index contributed by atoms with van der Waals surface area (Å²) in [6.45, 7) is 6.02. The van der Waals surface area contributed by atoms with Crippen LogP contribution in [0.5, 0.6) is 5.75 Å². The van der Waals surface area contributed by atoms with Crippen molar-refractivity contribution in [2.24, 2.45) is 5.92 Å². The minimum atomic E-state index is -0.345. The minimum Gasteiger partial charge on any atom is -0.481 e. The Hall–Kier alpha value is -1.51. The van der Waals surface area contributed by atoms with Gasteiger partial charge in [-0.05, 0) is 74.1 Å². The molecule has 0 spiro atoms. The van der Waals surface area contributed by atoms with Gasteiger partial charge in [0.1, 0.15) is 5.75 Å². The molecule has 1 amide bonds. The summed E-state index contributed by atoms with van der Waals surface area (Å²) in [6, 6.07) is 6.38. The molecule has 2 aliphatic rings. The molecule has 0 aromatic heterocycles. The van der Waals surface area contributed by atoms with E-state index in [1.165, 1.54) is 36.8 Å². The van der Waals surface area contributed by atoms with Crippen LogP contribution in [0.4, 0.5) is 0 Å². The molecule has 1 saturated heterocycles. The summed E-state index contributed by atoms with van der Waals surface area (Å²) in [7, 11) is 0. The Morgan fingerprint density at radius 2 is 2.04 bits per heavy atom. The van der Waals surface area contributed by atoms with E-state index in [-0.39, 0.29) is 12.0 Å². The van der Waals surface area contributed by atoms with Crippen LogP contribution in [-0.2, 0) is 17.6 Å². The Bertz CT molecular complexity index is 555. The molecule has 0 radical (unpaired) electrons. The molecule has 1 aliphatic carbocycles. The molecule has 3 heteroatoms. The molecule has 2 atom stereocenters. The van der Waals surface area contributed by atoms with Gasteiger partial charge in [0.15, 0.2) is 6.10 Å². The first kappa shape index (κ1) is 16.4. The van der Waals surface area contributed by atoms with Crippen molar-refractivity contribution in [1.29, 1.82) is 0 Å². The molecule has 3 nitrogen and oxygen atoms in total. The van der Waals surface area contributed by atoms with E-state index in [1.54, 1.807) is 0 Å². The average Bonchev–Trinajstić information content (AvgIpc) is 2.59. The Labute approximate surface area is 140 Å². The van der Waals surface area contributed by atoms with E-state index < -0.39 is 0 Å². The number of rotatable bonds is 4. The summed E-state index contributed by atoms with van der Waals surface area (Å²) >= 11 is 0. The third-order valence-electron chi connectivity index (χ3n) is 5.21. The Morgan fingerprint density at radius 1 is 1.26 bits per heavy atom. The molecule has 1 aromatic rings. The number of carbonyl (C=O) groups excluding carboxylic acids is 1. The molecule has 1 fully saturated rings. The van der Waals surface area contributed by atoms with Crippen LogP contribution in [-0.4, -0.2) is 30.0 Å². The second-order valence-corrected chi connectivity index (χ2v) is 7.18. The number of aryl methyl sites for hydroxylation is 2. The highest BCUT2D eigenvalue weighted by Gasteiger charge is 2.28. The molecular weight excluding hydrogens is 286 g/mol. The summed E-state index contributed by atoms with van der Waals surface area (Å²) < 4.78 is 6.09. The van der Waals surface area contributed by atoms with Crippen LogP contribution >= 0.6 is 0 Å². The van der Waals surface area contributed by atoms with E-state index in [9.17, 15) is 4.79 Å². The summed E-state index contributed by atoms with van der Waals surface area (Å²) in [5.41, 5.74) is 2.86. The van der Waals surface area contributed by atoms with Gasteiger partial charge in [0.05, 0.1) is 0 Å². The summed E-state index contributed by atoms with van der Waals surface area (Å²) in [5.74, 6) is 1.63. The molecule has 23 heavy (non-hydrogen) atoms. The Morgan fingerprint density at radius 3 is 2.78 bits per heavy atom. The monoisotopic (exact) mass is 315 g/mol. The second-order valence-electron chi connectivity index (χ2n) is 7.18. The van der Waals surface area contributed by atoms with Gasteiger partial charge in [0.25, 0.3) is 5.91 Å². The lowest BCUT2D eigenvalue weighted by Crippen LogP contribution is -2.46. The zero-order chi connectivity index (χ0) is 16.2. The van der Waals surface area contributed by atoms with Crippen LogP contribution in [0.15, 0.2) is 18.2 Å². The van der Waals surface area contributed by atoms with Crippen molar-refractivity contribution in [2.45, 2.75) is 64.9 Å². The quantitative estimate of drug-likeness (QED) is 0.841. The van der Waals surface area contributed by atoms with E-state index >= 15 is 0 Å². The highest BCUT2D eigenvalue weighted by atomic mass is 16.5. The molecule has 0 unspecified atom stereocenters. The maximum atomic E-state index is 12.8. The average molecular weight is 315 g/mol. The van der Waals surface area contributed by atoms with Crippen LogP contribution in [0.2, 0.25) is 0 Å². The third kappa shape index (κ3) is 3.88. The lowest BCUT2D eigenvalue weighted by molar-refractivity contribution is -0.140. The number of fused-ring (bicyclic) bond motifs is 1. The fraction of sp³-hybridized carbons (Fsp3) is 0.650. The molecule has 0 N–H and O–H groups in total. The first-order chi connectivity index (χ1) is 11.2. The van der Waals surface area contributed by atoms with Crippen molar-refractivity contribution in [2.75, 3.05) is 13.1 Å². The van der Waals surface area contributed by atoms with Crippen LogP contribution in [0.25, 0.3) is 0 Å². The van der Waals surface area contributed by atoms with Gasteiger partial charge >= 0.3 is 0 Å². The molecule has 3 rings (SSSR count). The fourth-order valence-electron chi connectivity index (χ4n) is 3.85. The molecule has 1 aliphatic heterocycles. The first-order valence-electron chi connectivity index (χ1n) is 9.24. The maximum absolute atomic E-state index is 12.8. The number of likely N-dealkylation sites (tertiary alicyclic amines) is 1. The van der Waals surface area contributed by atoms with E-state index in [0.717, 1.165) is 38.1 Å². The zero-order valence-corrected chi connectivity index (χ0v) is 14.5. The molecule has 1 heterocycles. The maximum Gasteiger partial charge on any atom is 0.263 e. The van der Waals surface area contributed by atoms with Gasteiger partial charge in [-0.25, -0.2) is 0 Å². The number of nitrogens with zero attached hydrogens (tertiary/aromatic N) is 1. The molecule has 0 bridgehead atoms. The fourth-order valence-corrected chi connectivity index (χ4v) is 3.85. The molecule has 0 saturated carbocycles. The molecule has 1 aromatic carbocycles. The summed E-state index contributed by atoms with van der Waals surface area (Å²) in [6.07, 6.45) is 7.59. The van der Waals surface area contributed by atoms with Crippen LogP contribution < -0.4 is 4.74 Å². The van der Waals surface area contributed by atoms with Gasteiger partial charge < -0.3 is 9.64 Å². The minimum absolute atomic E-state index is 0.164. The van der Waals surface area contributed by atoms with Gasteiger partial charge in [-0.1, -0.05) is 19.9 Å². The normalized spacial score (nSPS) is 22.3. The Kier molecular flexibility index (Phi) is 5.24. The van der Waals surface area contributed by atoms with Crippen LogP contribution in [0.3, 0.4) is 0 Å². The van der Waals surface area contributed by atoms with Crippen molar-refractivity contribution in [3.63, 3.8) is 0 Å². The van der Waals surface area contributed by atoms with Crippen molar-refractivity contribution >= 4 is 5.91 Å². The van der Waals surface area contributed by atoms with Crippen molar-refractivity contribution in [3.8, 4) is 5.75 Å².